The summed E-state index contributed by atoms with van der Waals surface area (Å²) in [5, 5.41) is 38.3. The first-order valence-electron chi connectivity index (χ1n) is 6.07. The number of rotatable bonds is 6. The van der Waals surface area contributed by atoms with Crippen LogP contribution in [-0.4, -0.2) is 96.3 Å². The molecule has 7 nitrogen and oxygen atoms in total. The molecule has 4 N–H and O–H groups in total. The maximum atomic E-state index is 9.63. The quantitative estimate of drug-likeness (QED) is 0.391. The summed E-state index contributed by atoms with van der Waals surface area (Å²) < 4.78 is 10.1. The molecule has 7 heteroatoms. The van der Waals surface area contributed by atoms with Gasteiger partial charge in [0.05, 0.1) is 32.0 Å². The third-order valence-corrected chi connectivity index (χ3v) is 3.01. The summed E-state index contributed by atoms with van der Waals surface area (Å²) in [6, 6.07) is 0. The van der Waals surface area contributed by atoms with Gasteiger partial charge >= 0.3 is 0 Å². The van der Waals surface area contributed by atoms with Crippen LogP contribution in [0.1, 0.15) is 0 Å². The van der Waals surface area contributed by atoms with E-state index in [0.29, 0.717) is 26.4 Å². The topological polar surface area (TPSA) is 103 Å². The first-order valence-corrected chi connectivity index (χ1v) is 6.07. The summed E-state index contributed by atoms with van der Waals surface area (Å²) in [5.74, 6) is 0. The van der Waals surface area contributed by atoms with Gasteiger partial charge in [-0.05, 0) is 0 Å². The Hall–Kier alpha value is -0.280. The van der Waals surface area contributed by atoms with Gasteiger partial charge in [0.15, 0.2) is 0 Å². The van der Waals surface area contributed by atoms with Crippen LogP contribution in [-0.2, 0) is 9.47 Å². The second kappa shape index (κ2) is 8.00. The molecule has 18 heavy (non-hydrogen) atoms. The van der Waals surface area contributed by atoms with Crippen LogP contribution >= 0.6 is 0 Å². The number of ether oxygens (including phenoxy) is 2. The van der Waals surface area contributed by atoms with E-state index >= 15 is 0 Å². The number of likely N-dealkylation sites (tertiary alicyclic amines) is 1. The standard InChI is InChI=1S/C11H23NO6/c1-17-4-5-18-3-2-12-6-8(13)10(15)11(16)9(14)7-12/h8-11,13-16H,2-7H2,1H3/t8-,9-,10-,11-/m1/s1. The van der Waals surface area contributed by atoms with E-state index in [4.69, 9.17) is 9.47 Å². The summed E-state index contributed by atoms with van der Waals surface area (Å²) in [7, 11) is 1.59. The predicted octanol–water partition coefficient (Wildman–Crippen LogP) is -2.59. The summed E-state index contributed by atoms with van der Waals surface area (Å²) in [6.45, 7) is 2.35. The summed E-state index contributed by atoms with van der Waals surface area (Å²) in [4.78, 5) is 1.75. The van der Waals surface area contributed by atoms with Crippen molar-refractivity contribution in [1.82, 2.24) is 4.90 Å². The van der Waals surface area contributed by atoms with Gasteiger partial charge in [-0.2, -0.15) is 0 Å². The second-order valence-electron chi connectivity index (χ2n) is 4.48. The van der Waals surface area contributed by atoms with Crippen molar-refractivity contribution in [3.05, 3.63) is 0 Å². The average Bonchev–Trinajstić information content (AvgIpc) is 2.43. The Balaban J connectivity index is 2.32. The maximum Gasteiger partial charge on any atom is 0.110 e. The van der Waals surface area contributed by atoms with Crippen molar-refractivity contribution >= 4 is 0 Å². The fraction of sp³-hybridized carbons (Fsp3) is 1.00. The number of methoxy groups -OCH3 is 1. The monoisotopic (exact) mass is 265 g/mol. The van der Waals surface area contributed by atoms with Gasteiger partial charge in [0.1, 0.15) is 12.2 Å². The lowest BCUT2D eigenvalue weighted by Gasteiger charge is -2.22. The molecule has 0 radical (unpaired) electrons. The number of aliphatic hydroxyl groups is 4. The van der Waals surface area contributed by atoms with E-state index in [2.05, 4.69) is 0 Å². The molecule has 4 atom stereocenters. The molecular formula is C11H23NO6. The zero-order valence-corrected chi connectivity index (χ0v) is 10.6. The van der Waals surface area contributed by atoms with E-state index in [1.807, 2.05) is 0 Å². The fourth-order valence-electron chi connectivity index (χ4n) is 1.90. The number of hydrogen-bond donors (Lipinski definition) is 4. The van der Waals surface area contributed by atoms with Crippen molar-refractivity contribution in [3.8, 4) is 0 Å². The Labute approximate surface area is 107 Å². The van der Waals surface area contributed by atoms with Crippen molar-refractivity contribution in [2.24, 2.45) is 0 Å². The van der Waals surface area contributed by atoms with Crippen molar-refractivity contribution in [1.29, 1.82) is 0 Å². The van der Waals surface area contributed by atoms with E-state index in [-0.39, 0.29) is 13.1 Å². The Morgan fingerprint density at radius 3 is 2.00 bits per heavy atom. The molecule has 1 aliphatic rings. The van der Waals surface area contributed by atoms with Crippen molar-refractivity contribution < 1.29 is 29.9 Å². The van der Waals surface area contributed by atoms with Crippen molar-refractivity contribution in [2.75, 3.05) is 46.6 Å². The van der Waals surface area contributed by atoms with Crippen LogP contribution in [0.3, 0.4) is 0 Å². The lowest BCUT2D eigenvalue weighted by Crippen LogP contribution is -2.43. The maximum absolute atomic E-state index is 9.63. The molecule has 0 saturated carbocycles. The molecule has 0 aromatic heterocycles. The lowest BCUT2D eigenvalue weighted by atomic mass is 10.1. The molecule has 1 fully saturated rings. The van der Waals surface area contributed by atoms with Gasteiger partial charge in [0.25, 0.3) is 0 Å². The van der Waals surface area contributed by atoms with Crippen LogP contribution in [0, 0.1) is 0 Å². The summed E-state index contributed by atoms with van der Waals surface area (Å²) in [5.41, 5.74) is 0. The van der Waals surface area contributed by atoms with Crippen LogP contribution in [0.25, 0.3) is 0 Å². The highest BCUT2D eigenvalue weighted by atomic mass is 16.5. The van der Waals surface area contributed by atoms with Crippen LogP contribution in [0.4, 0.5) is 0 Å². The minimum Gasteiger partial charge on any atom is -0.389 e. The first kappa shape index (κ1) is 15.8. The van der Waals surface area contributed by atoms with Crippen LogP contribution in [0.15, 0.2) is 0 Å². The Morgan fingerprint density at radius 2 is 1.50 bits per heavy atom. The number of nitrogens with zero attached hydrogens (tertiary/aromatic N) is 1. The van der Waals surface area contributed by atoms with Crippen molar-refractivity contribution in [2.45, 2.75) is 24.4 Å². The van der Waals surface area contributed by atoms with Crippen LogP contribution in [0.5, 0.6) is 0 Å². The molecule has 0 amide bonds. The van der Waals surface area contributed by atoms with Crippen LogP contribution in [0.2, 0.25) is 0 Å². The lowest BCUT2D eigenvalue weighted by molar-refractivity contribution is -0.0894. The number of hydrogen-bond acceptors (Lipinski definition) is 7. The van der Waals surface area contributed by atoms with Gasteiger partial charge in [-0.15, -0.1) is 0 Å². The van der Waals surface area contributed by atoms with Crippen LogP contribution < -0.4 is 0 Å². The number of aliphatic hydroxyl groups excluding tert-OH is 4. The summed E-state index contributed by atoms with van der Waals surface area (Å²) >= 11 is 0. The molecule has 0 aliphatic carbocycles. The predicted molar refractivity (Wildman–Crippen MR) is 63.2 cm³/mol. The fourth-order valence-corrected chi connectivity index (χ4v) is 1.90. The smallest absolute Gasteiger partial charge is 0.110 e. The van der Waals surface area contributed by atoms with E-state index in [1.165, 1.54) is 0 Å². The highest BCUT2D eigenvalue weighted by Crippen LogP contribution is 2.13. The molecule has 0 aromatic rings. The minimum atomic E-state index is -1.32. The van der Waals surface area contributed by atoms with Crippen molar-refractivity contribution in [3.63, 3.8) is 0 Å². The molecule has 108 valence electrons. The molecule has 0 aromatic carbocycles. The van der Waals surface area contributed by atoms with Gasteiger partial charge in [0, 0.05) is 26.7 Å². The molecule has 0 bridgehead atoms. The SMILES string of the molecule is COCCOCCN1C[C@@H](O)[C@@H](O)[C@H](O)[C@H](O)C1. The zero-order chi connectivity index (χ0) is 13.5. The minimum absolute atomic E-state index is 0.197. The summed E-state index contributed by atoms with van der Waals surface area (Å²) in [6.07, 6.45) is -4.79. The third-order valence-electron chi connectivity index (χ3n) is 3.01. The Kier molecular flexibility index (Phi) is 7.02. The molecular weight excluding hydrogens is 242 g/mol. The van der Waals surface area contributed by atoms with E-state index in [1.54, 1.807) is 12.0 Å². The van der Waals surface area contributed by atoms with E-state index in [0.717, 1.165) is 0 Å². The van der Waals surface area contributed by atoms with E-state index < -0.39 is 24.4 Å². The largest absolute Gasteiger partial charge is 0.389 e. The molecule has 0 unspecified atom stereocenters. The number of β-amino-alcohol motifs (C(OH)–C–C–N with tert-alkyl or cyclic N) is 2. The molecule has 1 heterocycles. The van der Waals surface area contributed by atoms with Gasteiger partial charge < -0.3 is 29.9 Å². The average molecular weight is 265 g/mol. The van der Waals surface area contributed by atoms with Gasteiger partial charge in [0.2, 0.25) is 0 Å². The highest BCUT2D eigenvalue weighted by Gasteiger charge is 2.35. The molecule has 1 saturated heterocycles. The molecule has 1 rings (SSSR count). The van der Waals surface area contributed by atoms with Gasteiger partial charge in [-0.25, -0.2) is 0 Å². The molecule has 0 spiro atoms. The Bertz CT molecular complexity index is 214. The molecule has 1 aliphatic heterocycles. The normalized spacial score (nSPS) is 34.5. The second-order valence-corrected chi connectivity index (χ2v) is 4.48. The first-order chi connectivity index (χ1) is 8.56. The highest BCUT2D eigenvalue weighted by molar-refractivity contribution is 4.88. The Morgan fingerprint density at radius 1 is 0.944 bits per heavy atom. The zero-order valence-electron chi connectivity index (χ0n) is 10.6. The van der Waals surface area contributed by atoms with Gasteiger partial charge in [-0.1, -0.05) is 0 Å². The van der Waals surface area contributed by atoms with Gasteiger partial charge in [-0.3, -0.25) is 4.90 Å². The van der Waals surface area contributed by atoms with E-state index in [9.17, 15) is 20.4 Å². The third kappa shape index (κ3) is 4.77.